The molecular formula is C6H15N3O3. The van der Waals surface area contributed by atoms with Crippen LogP contribution >= 0.6 is 0 Å². The van der Waals surface area contributed by atoms with Gasteiger partial charge in [0, 0.05) is 5.92 Å². The van der Waals surface area contributed by atoms with E-state index in [4.69, 9.17) is 4.84 Å². The van der Waals surface area contributed by atoms with Gasteiger partial charge in [0.05, 0.1) is 20.6 Å². The van der Waals surface area contributed by atoms with Crippen molar-refractivity contribution in [1.29, 1.82) is 0 Å². The molecule has 0 aromatic heterocycles. The number of hydrogen-bond donors (Lipinski definition) is 3. The van der Waals surface area contributed by atoms with E-state index in [1.807, 2.05) is 0 Å². The lowest BCUT2D eigenvalue weighted by Crippen LogP contribution is -3.11. The molecule has 3 unspecified atom stereocenters. The largest absolute Gasteiger partial charge is 0.613 e. The number of hydrogen-bond acceptors (Lipinski definition) is 4. The summed E-state index contributed by atoms with van der Waals surface area (Å²) in [5.41, 5.74) is 2.68. The van der Waals surface area contributed by atoms with Crippen molar-refractivity contribution in [2.45, 2.75) is 12.5 Å². The summed E-state index contributed by atoms with van der Waals surface area (Å²) in [5.74, 6) is 0.331. The molecule has 0 spiro atoms. The van der Waals surface area contributed by atoms with Gasteiger partial charge in [-0.15, -0.1) is 0 Å². The fraction of sp³-hybridized carbons (Fsp3) is 1.00. The van der Waals surface area contributed by atoms with Crippen LogP contribution in [0.15, 0.2) is 0 Å². The molecule has 6 nitrogen and oxygen atoms in total. The van der Waals surface area contributed by atoms with E-state index in [2.05, 4.69) is 5.43 Å². The summed E-state index contributed by atoms with van der Waals surface area (Å²) in [6, 6.07) is 0. The Labute approximate surface area is 71.2 Å². The minimum Gasteiger partial charge on any atom is -0.613 e. The van der Waals surface area contributed by atoms with Crippen molar-refractivity contribution in [2.24, 2.45) is 5.92 Å². The van der Waals surface area contributed by atoms with Gasteiger partial charge in [0.25, 0.3) is 0 Å². The third-order valence-electron chi connectivity index (χ3n) is 1.79. The van der Waals surface area contributed by atoms with Crippen LogP contribution in [0.5, 0.6) is 0 Å². The van der Waals surface area contributed by atoms with E-state index in [-0.39, 0.29) is 16.5 Å². The molecule has 1 fully saturated rings. The molecule has 4 atom stereocenters. The van der Waals surface area contributed by atoms with E-state index < -0.39 is 0 Å². The van der Waals surface area contributed by atoms with Crippen molar-refractivity contribution in [2.75, 3.05) is 20.6 Å². The van der Waals surface area contributed by atoms with Crippen molar-refractivity contribution in [3.8, 4) is 0 Å². The minimum absolute atomic E-state index is 0.0364. The first-order valence-corrected chi connectivity index (χ1v) is 4.01. The molecule has 0 aromatic carbocycles. The molecule has 0 amide bonds. The van der Waals surface area contributed by atoms with Crippen LogP contribution in [0, 0.1) is 16.3 Å². The third-order valence-corrected chi connectivity index (χ3v) is 1.79. The van der Waals surface area contributed by atoms with Crippen LogP contribution in [0.3, 0.4) is 0 Å². The highest BCUT2D eigenvalue weighted by atomic mass is 16.9. The molecule has 6 heteroatoms. The van der Waals surface area contributed by atoms with Crippen molar-refractivity contribution < 1.29 is 15.2 Å². The van der Waals surface area contributed by atoms with Crippen LogP contribution in [-0.4, -0.2) is 26.7 Å². The normalized spacial score (nSPS) is 33.0. The van der Waals surface area contributed by atoms with E-state index in [1.54, 1.807) is 0 Å². The quantitative estimate of drug-likeness (QED) is 0.387. The molecule has 0 saturated heterocycles. The van der Waals surface area contributed by atoms with Gasteiger partial charge in [0.1, 0.15) is 6.10 Å². The average molecular weight is 177 g/mol. The summed E-state index contributed by atoms with van der Waals surface area (Å²) in [6.45, 7) is 0.618. The van der Waals surface area contributed by atoms with E-state index in [1.165, 1.54) is 14.1 Å². The predicted octanol–water partition coefficient (Wildman–Crippen LogP) is -3.16. The summed E-state index contributed by atoms with van der Waals surface area (Å²) in [6.07, 6.45) is 0.911. The SMILES string of the molecule is C[NH+]([O-])NC[C@H]1CC1O[NH+](C)[O-]. The highest BCUT2D eigenvalue weighted by molar-refractivity contribution is 4.87. The van der Waals surface area contributed by atoms with Crippen LogP contribution in [0.2, 0.25) is 0 Å². The second kappa shape index (κ2) is 4.13. The fourth-order valence-corrected chi connectivity index (χ4v) is 1.07. The first-order valence-electron chi connectivity index (χ1n) is 4.01. The number of nitrogens with one attached hydrogen (secondary N) is 3. The van der Waals surface area contributed by atoms with Gasteiger partial charge in [-0.25, -0.2) is 10.1 Å². The topological polar surface area (TPSA) is 76.3 Å². The maximum Gasteiger partial charge on any atom is 0.122 e. The number of quaternary nitrogens is 2. The summed E-state index contributed by atoms with van der Waals surface area (Å²) in [4.78, 5) is 4.92. The third kappa shape index (κ3) is 3.44. The van der Waals surface area contributed by atoms with Crippen LogP contribution in [0.1, 0.15) is 6.42 Å². The Morgan fingerprint density at radius 3 is 2.67 bits per heavy atom. The minimum atomic E-state index is -0.245. The zero-order valence-electron chi connectivity index (χ0n) is 7.29. The second-order valence-electron chi connectivity index (χ2n) is 3.08. The molecule has 0 aromatic rings. The van der Waals surface area contributed by atoms with E-state index in [0.29, 0.717) is 12.5 Å². The Kier molecular flexibility index (Phi) is 3.39. The van der Waals surface area contributed by atoms with Gasteiger partial charge in [0.15, 0.2) is 0 Å². The summed E-state index contributed by atoms with van der Waals surface area (Å²) in [7, 11) is 2.87. The Morgan fingerprint density at radius 2 is 2.17 bits per heavy atom. The van der Waals surface area contributed by atoms with Gasteiger partial charge < -0.3 is 10.4 Å². The lowest BCUT2D eigenvalue weighted by molar-refractivity contribution is -1.04. The van der Waals surface area contributed by atoms with Crippen LogP contribution in [-0.2, 0) is 4.84 Å². The van der Waals surface area contributed by atoms with Gasteiger partial charge in [-0.2, -0.15) is 5.43 Å². The van der Waals surface area contributed by atoms with Gasteiger partial charge in [0.2, 0.25) is 0 Å². The van der Waals surface area contributed by atoms with Gasteiger partial charge >= 0.3 is 0 Å². The molecule has 1 aliphatic carbocycles. The standard InChI is InChI=1S/C6H15N3O3/c1-8(10)7-4-5-3-6(5)12-9(2)11/h5-9H,3-4H2,1-2H3/t5-,6?/m1/s1. The first-order chi connectivity index (χ1) is 5.59. The lowest BCUT2D eigenvalue weighted by Gasteiger charge is -2.17. The molecular weight excluding hydrogens is 162 g/mol. The lowest BCUT2D eigenvalue weighted by atomic mass is 10.4. The molecule has 1 aliphatic rings. The first kappa shape index (κ1) is 9.85. The fourth-order valence-electron chi connectivity index (χ4n) is 1.07. The predicted molar refractivity (Wildman–Crippen MR) is 41.5 cm³/mol. The van der Waals surface area contributed by atoms with Crippen molar-refractivity contribution >= 4 is 0 Å². The Hall–Kier alpha value is -0.240. The van der Waals surface area contributed by atoms with Crippen molar-refractivity contribution in [3.63, 3.8) is 0 Å². The highest BCUT2D eigenvalue weighted by Crippen LogP contribution is 2.30. The van der Waals surface area contributed by atoms with Gasteiger partial charge in [-0.05, 0) is 6.42 Å². The van der Waals surface area contributed by atoms with Crippen LogP contribution in [0.25, 0.3) is 0 Å². The van der Waals surface area contributed by atoms with Crippen molar-refractivity contribution in [3.05, 3.63) is 10.4 Å². The molecule has 12 heavy (non-hydrogen) atoms. The molecule has 0 radical (unpaired) electrons. The average Bonchev–Trinajstić information content (AvgIpc) is 2.62. The molecule has 1 saturated carbocycles. The zero-order chi connectivity index (χ0) is 9.14. The summed E-state index contributed by atoms with van der Waals surface area (Å²) >= 11 is 0. The summed E-state index contributed by atoms with van der Waals surface area (Å²) < 4.78 is 0. The molecule has 3 N–H and O–H groups in total. The van der Waals surface area contributed by atoms with E-state index >= 15 is 0 Å². The molecule has 0 aliphatic heterocycles. The Bertz CT molecular complexity index is 142. The highest BCUT2D eigenvalue weighted by Gasteiger charge is 2.41. The number of hydroxylamine groups is 3. The summed E-state index contributed by atoms with van der Waals surface area (Å²) in [5, 5.41) is 20.7. The molecule has 0 bridgehead atoms. The second-order valence-corrected chi connectivity index (χ2v) is 3.08. The smallest absolute Gasteiger partial charge is 0.122 e. The monoisotopic (exact) mass is 177 g/mol. The van der Waals surface area contributed by atoms with E-state index in [9.17, 15) is 10.4 Å². The van der Waals surface area contributed by atoms with Gasteiger partial charge in [-0.3, -0.25) is 5.17 Å². The zero-order valence-corrected chi connectivity index (χ0v) is 7.29. The maximum absolute atomic E-state index is 10.5. The maximum atomic E-state index is 10.5. The Morgan fingerprint density at radius 1 is 1.50 bits per heavy atom. The molecule has 0 heterocycles. The molecule has 72 valence electrons. The number of rotatable bonds is 5. The van der Waals surface area contributed by atoms with E-state index in [0.717, 1.165) is 6.42 Å². The van der Waals surface area contributed by atoms with Crippen molar-refractivity contribution in [1.82, 2.24) is 5.43 Å². The van der Waals surface area contributed by atoms with Crippen LogP contribution < -0.4 is 15.8 Å². The molecule has 1 rings (SSSR count). The Balaban J connectivity index is 2.00. The van der Waals surface area contributed by atoms with Gasteiger partial charge in [-0.1, -0.05) is 0 Å². The van der Waals surface area contributed by atoms with Crippen LogP contribution in [0.4, 0.5) is 0 Å².